The smallest absolute Gasteiger partial charge is 0.257 e. The third-order valence-corrected chi connectivity index (χ3v) is 4.70. The molecule has 2 aromatic carbocycles. The Bertz CT molecular complexity index is 977. The van der Waals surface area contributed by atoms with Crippen LogP contribution in [0.1, 0.15) is 28.2 Å². The number of amides is 1. The molecule has 0 radical (unpaired) electrons. The summed E-state index contributed by atoms with van der Waals surface area (Å²) in [6.07, 6.45) is 0.849. The average Bonchev–Trinajstić information content (AvgIpc) is 2.83. The third-order valence-electron chi connectivity index (χ3n) is 4.70. The van der Waals surface area contributed by atoms with Crippen molar-refractivity contribution in [3.8, 4) is 17.2 Å². The van der Waals surface area contributed by atoms with Gasteiger partial charge in [-0.2, -0.15) is 0 Å². The summed E-state index contributed by atoms with van der Waals surface area (Å²) in [5, 5.41) is 2.97. The van der Waals surface area contributed by atoms with Gasteiger partial charge in [0.1, 0.15) is 0 Å². The van der Waals surface area contributed by atoms with E-state index in [-0.39, 0.29) is 5.91 Å². The molecule has 1 N–H and O–H groups in total. The summed E-state index contributed by atoms with van der Waals surface area (Å²) >= 11 is 0. The normalized spacial score (nSPS) is 13.1. The number of rotatable bonds is 3. The number of para-hydroxylation sites is 1. The molecule has 0 saturated heterocycles. The topological polar surface area (TPSA) is 52.5 Å². The summed E-state index contributed by atoms with van der Waals surface area (Å²) in [5.74, 6) is 1.24. The molecule has 3 aromatic rings. The van der Waals surface area contributed by atoms with Crippen molar-refractivity contribution in [2.45, 2.75) is 20.3 Å². The van der Waals surface area contributed by atoms with Crippen molar-refractivity contribution in [2.24, 2.45) is 0 Å². The number of ether oxygens (including phenoxy) is 2. The Morgan fingerprint density at radius 1 is 0.963 bits per heavy atom. The number of nitrogens with zero attached hydrogens (tertiary/aromatic N) is 1. The maximum atomic E-state index is 12.9. The lowest BCUT2D eigenvalue weighted by atomic mass is 10.2. The van der Waals surface area contributed by atoms with Crippen LogP contribution in [-0.2, 0) is 0 Å². The first kappa shape index (κ1) is 17.2. The van der Waals surface area contributed by atoms with Crippen LogP contribution in [0.2, 0.25) is 0 Å². The molecule has 1 amide bonds. The van der Waals surface area contributed by atoms with Crippen LogP contribution in [0.4, 0.5) is 5.69 Å². The van der Waals surface area contributed by atoms with E-state index in [4.69, 9.17) is 9.47 Å². The monoisotopic (exact) mass is 362 g/mol. The van der Waals surface area contributed by atoms with Crippen molar-refractivity contribution in [1.82, 2.24) is 4.57 Å². The molecule has 1 aliphatic rings. The number of carbonyl (C=O) groups excluding carboxylic acids is 1. The first-order valence-electron chi connectivity index (χ1n) is 9.09. The van der Waals surface area contributed by atoms with Gasteiger partial charge in [0.05, 0.1) is 18.8 Å². The van der Waals surface area contributed by atoms with E-state index < -0.39 is 0 Å². The Morgan fingerprint density at radius 2 is 1.70 bits per heavy atom. The summed E-state index contributed by atoms with van der Waals surface area (Å²) < 4.78 is 13.4. The SMILES string of the molecule is Cc1cc(C(=O)Nc2ccc3c(c2)OCCCO3)c(C)n1-c1ccccc1. The Balaban J connectivity index is 1.60. The zero-order valence-corrected chi connectivity index (χ0v) is 15.5. The zero-order chi connectivity index (χ0) is 18.8. The fourth-order valence-electron chi connectivity index (χ4n) is 3.41. The minimum atomic E-state index is -0.139. The second kappa shape index (κ2) is 7.19. The van der Waals surface area contributed by atoms with Crippen LogP contribution in [0, 0.1) is 13.8 Å². The average molecular weight is 362 g/mol. The summed E-state index contributed by atoms with van der Waals surface area (Å²) in [7, 11) is 0. The van der Waals surface area contributed by atoms with E-state index in [1.54, 1.807) is 0 Å². The van der Waals surface area contributed by atoms with Crippen molar-refractivity contribution >= 4 is 11.6 Å². The van der Waals surface area contributed by atoms with E-state index in [1.807, 2.05) is 68.4 Å². The molecule has 0 saturated carbocycles. The molecule has 138 valence electrons. The lowest BCUT2D eigenvalue weighted by Gasteiger charge is -2.11. The van der Waals surface area contributed by atoms with Gasteiger partial charge in [-0.3, -0.25) is 4.79 Å². The lowest BCUT2D eigenvalue weighted by molar-refractivity contribution is 0.102. The standard InChI is InChI=1S/C22H22N2O3/c1-15-13-19(16(2)24(15)18-7-4-3-5-8-18)22(25)23-17-9-10-20-21(14-17)27-12-6-11-26-20/h3-5,7-10,13-14H,6,11-12H2,1-2H3,(H,23,25). The van der Waals surface area contributed by atoms with Gasteiger partial charge in [0, 0.05) is 35.2 Å². The highest BCUT2D eigenvalue weighted by atomic mass is 16.5. The predicted molar refractivity (Wildman–Crippen MR) is 105 cm³/mol. The quantitative estimate of drug-likeness (QED) is 0.746. The van der Waals surface area contributed by atoms with Gasteiger partial charge in [0.25, 0.3) is 5.91 Å². The predicted octanol–water partition coefficient (Wildman–Crippen LogP) is 4.51. The van der Waals surface area contributed by atoms with E-state index >= 15 is 0 Å². The van der Waals surface area contributed by atoms with E-state index in [0.29, 0.717) is 36.0 Å². The molecule has 2 heterocycles. The summed E-state index contributed by atoms with van der Waals surface area (Å²) in [6, 6.07) is 17.4. The molecule has 0 unspecified atom stereocenters. The van der Waals surface area contributed by atoms with Crippen LogP contribution in [0.25, 0.3) is 5.69 Å². The Kier molecular flexibility index (Phi) is 4.59. The molecule has 5 heteroatoms. The van der Waals surface area contributed by atoms with Crippen LogP contribution >= 0.6 is 0 Å². The van der Waals surface area contributed by atoms with Gasteiger partial charge in [-0.05, 0) is 44.2 Å². The molecular formula is C22H22N2O3. The Labute approximate surface area is 158 Å². The van der Waals surface area contributed by atoms with Gasteiger partial charge >= 0.3 is 0 Å². The van der Waals surface area contributed by atoms with Crippen molar-refractivity contribution in [1.29, 1.82) is 0 Å². The molecule has 0 atom stereocenters. The molecule has 4 rings (SSSR count). The fraction of sp³-hybridized carbons (Fsp3) is 0.227. The number of hydrogen-bond acceptors (Lipinski definition) is 3. The summed E-state index contributed by atoms with van der Waals surface area (Å²) in [6.45, 7) is 5.22. The molecule has 27 heavy (non-hydrogen) atoms. The van der Waals surface area contributed by atoms with E-state index in [1.165, 1.54) is 0 Å². The highest BCUT2D eigenvalue weighted by molar-refractivity contribution is 6.05. The number of benzene rings is 2. The summed E-state index contributed by atoms with van der Waals surface area (Å²) in [5.41, 5.74) is 4.31. The second-order valence-corrected chi connectivity index (χ2v) is 6.62. The third kappa shape index (κ3) is 3.40. The van der Waals surface area contributed by atoms with Crippen molar-refractivity contribution in [3.05, 3.63) is 71.5 Å². The van der Waals surface area contributed by atoms with Crippen LogP contribution in [0.5, 0.6) is 11.5 Å². The number of hydrogen-bond donors (Lipinski definition) is 1. The van der Waals surface area contributed by atoms with E-state index in [0.717, 1.165) is 23.5 Å². The molecule has 0 bridgehead atoms. The van der Waals surface area contributed by atoms with E-state index in [2.05, 4.69) is 9.88 Å². The minimum absolute atomic E-state index is 0.139. The molecule has 1 aromatic heterocycles. The van der Waals surface area contributed by atoms with Crippen molar-refractivity contribution in [3.63, 3.8) is 0 Å². The Hall–Kier alpha value is -3.21. The number of nitrogens with one attached hydrogen (secondary N) is 1. The first-order valence-corrected chi connectivity index (χ1v) is 9.09. The molecule has 5 nitrogen and oxygen atoms in total. The second-order valence-electron chi connectivity index (χ2n) is 6.62. The maximum absolute atomic E-state index is 12.9. The largest absolute Gasteiger partial charge is 0.490 e. The maximum Gasteiger partial charge on any atom is 0.257 e. The van der Waals surface area contributed by atoms with Crippen LogP contribution in [-0.4, -0.2) is 23.7 Å². The molecule has 0 aliphatic carbocycles. The van der Waals surface area contributed by atoms with Gasteiger partial charge in [-0.15, -0.1) is 0 Å². The van der Waals surface area contributed by atoms with Crippen LogP contribution < -0.4 is 14.8 Å². The number of anilines is 1. The van der Waals surface area contributed by atoms with E-state index in [9.17, 15) is 4.79 Å². The van der Waals surface area contributed by atoms with Gasteiger partial charge in [0.15, 0.2) is 11.5 Å². The number of aromatic nitrogens is 1. The van der Waals surface area contributed by atoms with Crippen molar-refractivity contribution < 1.29 is 14.3 Å². The highest BCUT2D eigenvalue weighted by Gasteiger charge is 2.18. The molecular weight excluding hydrogens is 340 g/mol. The number of carbonyl (C=O) groups is 1. The van der Waals surface area contributed by atoms with Gasteiger partial charge in [-0.25, -0.2) is 0 Å². The lowest BCUT2D eigenvalue weighted by Crippen LogP contribution is -2.13. The molecule has 1 aliphatic heterocycles. The first-order chi connectivity index (χ1) is 13.1. The molecule has 0 spiro atoms. The Morgan fingerprint density at radius 3 is 2.48 bits per heavy atom. The van der Waals surface area contributed by atoms with Gasteiger partial charge < -0.3 is 19.4 Å². The summed E-state index contributed by atoms with van der Waals surface area (Å²) in [4.78, 5) is 12.9. The number of aryl methyl sites for hydroxylation is 1. The van der Waals surface area contributed by atoms with Crippen LogP contribution in [0.15, 0.2) is 54.6 Å². The highest BCUT2D eigenvalue weighted by Crippen LogP contribution is 2.32. The van der Waals surface area contributed by atoms with Gasteiger partial charge in [-0.1, -0.05) is 18.2 Å². The van der Waals surface area contributed by atoms with Crippen molar-refractivity contribution in [2.75, 3.05) is 18.5 Å². The minimum Gasteiger partial charge on any atom is -0.490 e. The zero-order valence-electron chi connectivity index (χ0n) is 15.5. The van der Waals surface area contributed by atoms with Gasteiger partial charge in [0.2, 0.25) is 0 Å². The van der Waals surface area contributed by atoms with Crippen LogP contribution in [0.3, 0.4) is 0 Å². The fourth-order valence-corrected chi connectivity index (χ4v) is 3.41. The molecule has 0 fully saturated rings. The number of fused-ring (bicyclic) bond motifs is 1.